The number of unbranched alkanes of at least 4 members (excludes halogenated alkanes) is 1. The second-order valence-electron chi connectivity index (χ2n) is 10.8. The van der Waals surface area contributed by atoms with Crippen molar-refractivity contribution >= 4 is 37.5 Å². The van der Waals surface area contributed by atoms with Gasteiger partial charge in [-0.1, -0.05) is 25.5 Å². The van der Waals surface area contributed by atoms with Crippen molar-refractivity contribution in [1.82, 2.24) is 5.06 Å². The van der Waals surface area contributed by atoms with Crippen LogP contribution in [-0.4, -0.2) is 65.1 Å². The van der Waals surface area contributed by atoms with Crippen LogP contribution in [0.4, 0.5) is 10.5 Å². The van der Waals surface area contributed by atoms with Crippen molar-refractivity contribution < 1.29 is 46.8 Å². The van der Waals surface area contributed by atoms with Crippen molar-refractivity contribution in [3.63, 3.8) is 0 Å². The number of rotatable bonds is 14. The van der Waals surface area contributed by atoms with Crippen molar-refractivity contribution in [2.45, 2.75) is 62.1 Å². The number of methoxy groups -OCH3 is 4. The summed E-state index contributed by atoms with van der Waals surface area (Å²) < 4.78 is 62.1. The first-order chi connectivity index (χ1) is 22.5. The van der Waals surface area contributed by atoms with Crippen LogP contribution in [0.5, 0.6) is 28.7 Å². The zero-order chi connectivity index (χ0) is 34.3. The van der Waals surface area contributed by atoms with Gasteiger partial charge in [0.2, 0.25) is 21.0 Å². The molecule has 2 N–H and O–H groups in total. The third-order valence-electron chi connectivity index (χ3n) is 7.81. The van der Waals surface area contributed by atoms with E-state index in [1.54, 1.807) is 44.6 Å². The van der Waals surface area contributed by atoms with Crippen molar-refractivity contribution in [3.05, 3.63) is 64.1 Å². The molecular formula is C33H41BrN2O10S. The Hall–Kier alpha value is -3.72. The Kier molecular flexibility index (Phi) is 12.2. The summed E-state index contributed by atoms with van der Waals surface area (Å²) in [5.41, 5.74) is 0.210. The Morgan fingerprint density at radius 1 is 0.957 bits per heavy atom. The van der Waals surface area contributed by atoms with Crippen LogP contribution in [-0.2, 0) is 14.6 Å². The lowest BCUT2D eigenvalue weighted by Gasteiger charge is -2.24. The zero-order valence-electron chi connectivity index (χ0n) is 27.2. The molecule has 1 aliphatic rings. The smallest absolute Gasteiger partial charge is 0.345 e. The summed E-state index contributed by atoms with van der Waals surface area (Å²) in [6.45, 7) is 3.44. The number of nitrogens with one attached hydrogen (secondary N) is 1. The van der Waals surface area contributed by atoms with E-state index in [9.17, 15) is 18.4 Å². The Morgan fingerprint density at radius 3 is 2.04 bits per heavy atom. The molecule has 1 fully saturated rings. The third kappa shape index (κ3) is 8.06. The van der Waals surface area contributed by atoms with Gasteiger partial charge in [-0.15, -0.1) is 0 Å². The molecule has 12 nitrogen and oxygen atoms in total. The largest absolute Gasteiger partial charge is 0.493 e. The van der Waals surface area contributed by atoms with E-state index in [1.165, 1.54) is 27.2 Å². The summed E-state index contributed by atoms with van der Waals surface area (Å²) >= 11 is 3.31. The van der Waals surface area contributed by atoms with Gasteiger partial charge in [-0.2, -0.15) is 0 Å². The van der Waals surface area contributed by atoms with Crippen molar-refractivity contribution in [1.29, 1.82) is 0 Å². The Labute approximate surface area is 283 Å². The molecule has 3 atom stereocenters. The van der Waals surface area contributed by atoms with Gasteiger partial charge in [0, 0.05) is 4.47 Å². The second kappa shape index (κ2) is 15.9. The van der Waals surface area contributed by atoms with Crippen molar-refractivity contribution in [2.24, 2.45) is 0 Å². The average molecular weight is 738 g/mol. The minimum Gasteiger partial charge on any atom is -0.493 e. The van der Waals surface area contributed by atoms with Gasteiger partial charge in [0.05, 0.1) is 57.8 Å². The van der Waals surface area contributed by atoms with Gasteiger partial charge in [-0.05, 0) is 89.6 Å². The fraction of sp³-hybridized carbons (Fsp3) is 0.424. The molecule has 0 saturated carbocycles. The lowest BCUT2D eigenvalue weighted by Crippen LogP contribution is -2.33. The van der Waals surface area contributed by atoms with E-state index in [0.717, 1.165) is 12.0 Å². The topological polar surface area (TPSA) is 142 Å². The molecule has 1 heterocycles. The van der Waals surface area contributed by atoms with E-state index in [4.69, 9.17) is 28.4 Å². The number of sulfone groups is 1. The van der Waals surface area contributed by atoms with E-state index < -0.39 is 27.4 Å². The van der Waals surface area contributed by atoms with Crippen LogP contribution in [0.25, 0.3) is 0 Å². The van der Waals surface area contributed by atoms with Crippen molar-refractivity contribution in [2.75, 3.05) is 40.3 Å². The molecule has 0 radical (unpaired) electrons. The van der Waals surface area contributed by atoms with Gasteiger partial charge in [0.25, 0.3) is 0 Å². The molecule has 4 rings (SSSR count). The molecule has 47 heavy (non-hydrogen) atoms. The molecule has 2 amide bonds. The van der Waals surface area contributed by atoms with Gasteiger partial charge in [-0.25, -0.2) is 18.3 Å². The van der Waals surface area contributed by atoms with Gasteiger partial charge < -0.3 is 33.7 Å². The highest BCUT2D eigenvalue weighted by Crippen LogP contribution is 2.48. The molecular weight excluding hydrogens is 696 g/mol. The summed E-state index contributed by atoms with van der Waals surface area (Å²) in [7, 11) is 2.05. The number of hydrogen-bond donors (Lipinski definition) is 2. The van der Waals surface area contributed by atoms with Crippen LogP contribution in [0, 0.1) is 0 Å². The molecule has 3 aromatic carbocycles. The summed E-state index contributed by atoms with van der Waals surface area (Å²) in [4.78, 5) is 13.1. The van der Waals surface area contributed by atoms with Gasteiger partial charge in [0.15, 0.2) is 23.0 Å². The number of ether oxygens (including phenoxy) is 6. The normalized spacial score (nSPS) is 16.7. The number of halogens is 1. The predicted molar refractivity (Wildman–Crippen MR) is 179 cm³/mol. The van der Waals surface area contributed by atoms with E-state index in [0.29, 0.717) is 51.6 Å². The minimum absolute atomic E-state index is 0.0178. The molecule has 256 valence electrons. The lowest BCUT2D eigenvalue weighted by molar-refractivity contribution is -0.0379. The number of anilines is 1. The first-order valence-corrected chi connectivity index (χ1v) is 17.4. The van der Waals surface area contributed by atoms with Gasteiger partial charge >= 0.3 is 6.03 Å². The Balaban J connectivity index is 1.70. The number of hydroxylamine groups is 2. The fourth-order valence-corrected chi connectivity index (χ4v) is 7.41. The van der Waals surface area contributed by atoms with Crippen molar-refractivity contribution in [3.8, 4) is 28.7 Å². The molecule has 14 heteroatoms. The molecule has 1 aliphatic heterocycles. The minimum atomic E-state index is -4.00. The van der Waals surface area contributed by atoms with Crippen LogP contribution in [0.15, 0.2) is 57.9 Å². The average Bonchev–Trinajstić information content (AvgIpc) is 3.57. The highest BCUT2D eigenvalue weighted by molar-refractivity contribution is 9.10. The monoisotopic (exact) mass is 736 g/mol. The highest BCUT2D eigenvalue weighted by Gasteiger charge is 2.33. The molecule has 3 aromatic rings. The standard InChI is InChI=1S/C33H41BrN2O10S/c1-7-8-15-36(38)33(37)35-24-16-21(25-13-14-26(46-25)22-18-28(42-4)32(44-6)29(19-22)43-5)17-27(41-3)31(24)45-20(2)47(39,40)30-12-10-9-11-23(30)34/h9-12,16-20,25-26,38H,7-8,13-15H2,1-6H3,(H,35,37). The van der Waals surface area contributed by atoms with E-state index >= 15 is 0 Å². The summed E-state index contributed by atoms with van der Waals surface area (Å²) in [5, 5.41) is 13.6. The van der Waals surface area contributed by atoms with E-state index in [1.807, 2.05) is 19.1 Å². The number of benzene rings is 3. The molecule has 0 spiro atoms. The summed E-state index contributed by atoms with van der Waals surface area (Å²) in [6.07, 6.45) is 1.88. The fourth-order valence-electron chi connectivity index (χ4n) is 5.26. The third-order valence-corrected chi connectivity index (χ3v) is 10.7. The number of amides is 2. The van der Waals surface area contributed by atoms with E-state index in [2.05, 4.69) is 21.2 Å². The molecule has 0 bridgehead atoms. The maximum atomic E-state index is 13.5. The molecule has 0 aromatic heterocycles. The maximum Gasteiger partial charge on any atom is 0.345 e. The predicted octanol–water partition coefficient (Wildman–Crippen LogP) is 7.30. The number of hydrogen-bond acceptors (Lipinski definition) is 10. The van der Waals surface area contributed by atoms with E-state index in [-0.39, 0.29) is 34.7 Å². The first kappa shape index (κ1) is 36.1. The van der Waals surface area contributed by atoms with Crippen LogP contribution in [0.2, 0.25) is 0 Å². The van der Waals surface area contributed by atoms with Crippen LogP contribution in [0.3, 0.4) is 0 Å². The van der Waals surface area contributed by atoms with Gasteiger partial charge in [0.1, 0.15) is 0 Å². The number of nitrogens with zero attached hydrogens (tertiary/aromatic N) is 1. The SMILES string of the molecule is CCCCN(O)C(=O)Nc1cc(C2CCC(c3cc(OC)c(OC)c(OC)c3)O2)cc(OC)c1OC(C)S(=O)(=O)c1ccccc1Br. The molecule has 3 unspecified atom stereocenters. The highest BCUT2D eigenvalue weighted by atomic mass is 79.9. The Morgan fingerprint density at radius 2 is 1.51 bits per heavy atom. The van der Waals surface area contributed by atoms with Crippen LogP contribution in [0.1, 0.15) is 62.9 Å². The molecule has 1 saturated heterocycles. The first-order valence-electron chi connectivity index (χ1n) is 15.1. The quantitative estimate of drug-likeness (QED) is 0.128. The summed E-state index contributed by atoms with van der Waals surface area (Å²) in [6, 6.07) is 12.6. The zero-order valence-corrected chi connectivity index (χ0v) is 29.6. The number of carbonyl (C=O) groups excluding carboxylic acids is 1. The number of carbonyl (C=O) groups is 1. The Bertz CT molecular complexity index is 1640. The van der Waals surface area contributed by atoms with Crippen LogP contribution < -0.4 is 29.0 Å². The van der Waals surface area contributed by atoms with Crippen LogP contribution >= 0.6 is 15.9 Å². The molecule has 0 aliphatic carbocycles. The van der Waals surface area contributed by atoms with Gasteiger partial charge in [-0.3, -0.25) is 5.21 Å². The lowest BCUT2D eigenvalue weighted by atomic mass is 10.0. The number of urea groups is 1. The summed E-state index contributed by atoms with van der Waals surface area (Å²) in [5.74, 6) is 1.64. The maximum absolute atomic E-state index is 13.5. The second-order valence-corrected chi connectivity index (χ2v) is 13.9.